The Bertz CT molecular complexity index is 326. The number of piperidine rings is 1. The van der Waals surface area contributed by atoms with Crippen LogP contribution in [0.4, 0.5) is 0 Å². The van der Waals surface area contributed by atoms with Gasteiger partial charge in [0.2, 0.25) is 0 Å². The molecule has 116 valence electrons. The van der Waals surface area contributed by atoms with Crippen LogP contribution in [-0.4, -0.2) is 42.0 Å². The maximum absolute atomic E-state index is 12.9. The summed E-state index contributed by atoms with van der Waals surface area (Å²) in [6, 6.07) is 0. The Labute approximate surface area is 124 Å². The van der Waals surface area contributed by atoms with Gasteiger partial charge in [0.15, 0.2) is 5.78 Å². The van der Waals surface area contributed by atoms with Crippen LogP contribution in [0.3, 0.4) is 0 Å². The Balaban J connectivity index is 2.02. The molecule has 1 aliphatic carbocycles. The molecule has 0 aromatic carbocycles. The Morgan fingerprint density at radius 2 is 1.70 bits per heavy atom. The van der Waals surface area contributed by atoms with Crippen molar-refractivity contribution in [3.8, 4) is 0 Å². The van der Waals surface area contributed by atoms with Crippen molar-refractivity contribution in [2.75, 3.05) is 20.2 Å². The first-order valence-electron chi connectivity index (χ1n) is 8.34. The molecule has 0 atom stereocenters. The molecular formula is C17H31NO2. The summed E-state index contributed by atoms with van der Waals surface area (Å²) in [7, 11) is 1.74. The summed E-state index contributed by atoms with van der Waals surface area (Å²) < 4.78 is 5.46. The van der Waals surface area contributed by atoms with Gasteiger partial charge in [0.1, 0.15) is 0 Å². The predicted octanol–water partition coefficient (Wildman–Crippen LogP) is 3.56. The summed E-state index contributed by atoms with van der Waals surface area (Å²) >= 11 is 0. The highest BCUT2D eigenvalue weighted by Gasteiger charge is 2.45. The summed E-state index contributed by atoms with van der Waals surface area (Å²) in [6.07, 6.45) is 9.95. The molecule has 0 aromatic heterocycles. The molecule has 3 nitrogen and oxygen atoms in total. The number of carbonyl (C=O) groups excluding carboxylic acids is 1. The van der Waals surface area contributed by atoms with E-state index in [1.807, 2.05) is 0 Å². The lowest BCUT2D eigenvalue weighted by molar-refractivity contribution is -0.133. The number of ketones is 1. The van der Waals surface area contributed by atoms with Gasteiger partial charge in [-0.25, -0.2) is 0 Å². The number of rotatable bonds is 6. The van der Waals surface area contributed by atoms with E-state index in [1.54, 1.807) is 7.11 Å². The number of methoxy groups -OCH3 is 1. The number of hydrogen-bond acceptors (Lipinski definition) is 3. The smallest absolute Gasteiger partial charge is 0.153 e. The van der Waals surface area contributed by atoms with E-state index in [9.17, 15) is 4.79 Å². The highest BCUT2D eigenvalue weighted by Crippen LogP contribution is 2.39. The first-order valence-corrected chi connectivity index (χ1v) is 8.34. The molecule has 0 spiro atoms. The first-order chi connectivity index (χ1) is 9.50. The molecule has 3 heteroatoms. The van der Waals surface area contributed by atoms with Crippen LogP contribution in [0.5, 0.6) is 0 Å². The minimum absolute atomic E-state index is 0.121. The summed E-state index contributed by atoms with van der Waals surface area (Å²) in [5.41, 5.74) is -0.304. The molecule has 0 aromatic rings. The molecule has 1 saturated carbocycles. The fraction of sp³-hybridized carbons (Fsp3) is 0.941. The van der Waals surface area contributed by atoms with Gasteiger partial charge in [0, 0.05) is 13.5 Å². The zero-order valence-electron chi connectivity index (χ0n) is 13.5. The Morgan fingerprint density at radius 1 is 1.10 bits per heavy atom. The van der Waals surface area contributed by atoms with E-state index in [2.05, 4.69) is 18.7 Å². The van der Waals surface area contributed by atoms with Crippen molar-refractivity contribution in [2.24, 2.45) is 0 Å². The van der Waals surface area contributed by atoms with E-state index in [4.69, 9.17) is 4.74 Å². The van der Waals surface area contributed by atoms with Gasteiger partial charge in [-0.2, -0.15) is 0 Å². The molecule has 2 fully saturated rings. The second kappa shape index (κ2) is 6.57. The number of hydrogen-bond donors (Lipinski definition) is 0. The molecular weight excluding hydrogens is 250 g/mol. The van der Waals surface area contributed by atoms with Crippen LogP contribution in [0.15, 0.2) is 0 Å². The highest BCUT2D eigenvalue weighted by molar-refractivity contribution is 5.88. The van der Waals surface area contributed by atoms with Crippen molar-refractivity contribution in [1.29, 1.82) is 0 Å². The average molecular weight is 281 g/mol. The van der Waals surface area contributed by atoms with Gasteiger partial charge in [-0.3, -0.25) is 9.69 Å². The normalized spacial score (nSPS) is 23.9. The minimum atomic E-state index is -0.183. The zero-order chi connectivity index (χ0) is 14.6. The Morgan fingerprint density at radius 3 is 2.25 bits per heavy atom. The lowest BCUT2D eigenvalue weighted by atomic mass is 9.84. The van der Waals surface area contributed by atoms with Crippen molar-refractivity contribution in [1.82, 2.24) is 4.90 Å². The minimum Gasteiger partial charge on any atom is -0.379 e. The third kappa shape index (κ3) is 3.43. The standard InChI is InChI=1S/C17H31NO2/c1-16(2,20-3)12-9-15(19)17(10-5-6-11-17)18-13-7-4-8-14-18/h4-14H2,1-3H3. The summed E-state index contributed by atoms with van der Waals surface area (Å²) in [5.74, 6) is 0.474. The van der Waals surface area contributed by atoms with E-state index in [0.717, 1.165) is 32.4 Å². The third-order valence-electron chi connectivity index (χ3n) is 5.42. The fourth-order valence-electron chi connectivity index (χ4n) is 3.80. The van der Waals surface area contributed by atoms with Crippen LogP contribution < -0.4 is 0 Å². The molecule has 2 rings (SSSR count). The predicted molar refractivity (Wildman–Crippen MR) is 82.0 cm³/mol. The van der Waals surface area contributed by atoms with E-state index in [1.165, 1.54) is 32.1 Å². The zero-order valence-corrected chi connectivity index (χ0v) is 13.5. The van der Waals surface area contributed by atoms with Crippen molar-refractivity contribution < 1.29 is 9.53 Å². The van der Waals surface area contributed by atoms with Crippen LogP contribution in [-0.2, 0) is 9.53 Å². The van der Waals surface area contributed by atoms with Crippen LogP contribution in [0.25, 0.3) is 0 Å². The van der Waals surface area contributed by atoms with E-state index >= 15 is 0 Å². The molecule has 1 saturated heterocycles. The monoisotopic (exact) mass is 281 g/mol. The maximum Gasteiger partial charge on any atom is 0.153 e. The molecule has 2 aliphatic rings. The number of ether oxygens (including phenoxy) is 1. The van der Waals surface area contributed by atoms with E-state index in [-0.39, 0.29) is 11.1 Å². The topological polar surface area (TPSA) is 29.5 Å². The summed E-state index contributed by atoms with van der Waals surface area (Å²) in [4.78, 5) is 15.5. The van der Waals surface area contributed by atoms with Gasteiger partial charge in [0.05, 0.1) is 11.1 Å². The molecule has 0 bridgehead atoms. The Kier molecular flexibility index (Phi) is 5.25. The quantitative estimate of drug-likeness (QED) is 0.745. The SMILES string of the molecule is COC(C)(C)CCC(=O)C1(N2CCCCC2)CCCC1. The lowest BCUT2D eigenvalue weighted by Gasteiger charge is -2.42. The average Bonchev–Trinajstić information content (AvgIpc) is 2.97. The first kappa shape index (κ1) is 16.0. The van der Waals surface area contributed by atoms with Crippen LogP contribution in [0.1, 0.15) is 71.6 Å². The number of nitrogens with zero attached hydrogens (tertiary/aromatic N) is 1. The number of carbonyl (C=O) groups is 1. The van der Waals surface area contributed by atoms with E-state index in [0.29, 0.717) is 12.2 Å². The van der Waals surface area contributed by atoms with Gasteiger partial charge in [-0.1, -0.05) is 19.3 Å². The van der Waals surface area contributed by atoms with E-state index < -0.39 is 0 Å². The van der Waals surface area contributed by atoms with Gasteiger partial charge >= 0.3 is 0 Å². The van der Waals surface area contributed by atoms with Gasteiger partial charge in [-0.05, 0) is 59.0 Å². The lowest BCUT2D eigenvalue weighted by Crippen LogP contribution is -2.54. The number of likely N-dealkylation sites (tertiary alicyclic amines) is 1. The van der Waals surface area contributed by atoms with Gasteiger partial charge < -0.3 is 4.74 Å². The molecule has 0 radical (unpaired) electrons. The molecule has 0 unspecified atom stereocenters. The maximum atomic E-state index is 12.9. The van der Waals surface area contributed by atoms with Crippen LogP contribution in [0, 0.1) is 0 Å². The molecule has 0 N–H and O–H groups in total. The van der Waals surface area contributed by atoms with Crippen LogP contribution in [0.2, 0.25) is 0 Å². The van der Waals surface area contributed by atoms with Gasteiger partial charge in [0.25, 0.3) is 0 Å². The van der Waals surface area contributed by atoms with Crippen molar-refractivity contribution in [2.45, 2.75) is 82.8 Å². The highest BCUT2D eigenvalue weighted by atomic mass is 16.5. The summed E-state index contributed by atoms with van der Waals surface area (Å²) in [6.45, 7) is 6.39. The number of Topliss-reactive ketones (excluding diaryl/α,β-unsaturated/α-hetero) is 1. The van der Waals surface area contributed by atoms with Crippen LogP contribution >= 0.6 is 0 Å². The third-order valence-corrected chi connectivity index (χ3v) is 5.42. The largest absolute Gasteiger partial charge is 0.379 e. The van der Waals surface area contributed by atoms with Crippen molar-refractivity contribution in [3.05, 3.63) is 0 Å². The molecule has 20 heavy (non-hydrogen) atoms. The fourth-order valence-corrected chi connectivity index (χ4v) is 3.80. The van der Waals surface area contributed by atoms with Crippen molar-refractivity contribution in [3.63, 3.8) is 0 Å². The molecule has 1 aliphatic heterocycles. The van der Waals surface area contributed by atoms with Gasteiger partial charge in [-0.15, -0.1) is 0 Å². The van der Waals surface area contributed by atoms with Crippen molar-refractivity contribution >= 4 is 5.78 Å². The molecule has 0 amide bonds. The Hall–Kier alpha value is -0.410. The summed E-state index contributed by atoms with van der Waals surface area (Å²) in [5, 5.41) is 0. The second-order valence-electron chi connectivity index (χ2n) is 7.17. The molecule has 1 heterocycles. The second-order valence-corrected chi connectivity index (χ2v) is 7.17.